The molecule has 8 atom stereocenters. The number of carbonyl (C=O) groups excluding carboxylic acids is 1. The summed E-state index contributed by atoms with van der Waals surface area (Å²) in [5.74, 6) is 1.36. The Morgan fingerprint density at radius 2 is 1.86 bits per heavy atom. The lowest BCUT2D eigenvalue weighted by Gasteiger charge is -2.51. The highest BCUT2D eigenvalue weighted by molar-refractivity contribution is 5.64. The molecule has 0 aromatic heterocycles. The van der Waals surface area contributed by atoms with Gasteiger partial charge in [0.15, 0.2) is 0 Å². The SMILES string of the molecule is CC[C@]1(C)CC(C2CC[C@H]([C@H](C)CCC(=O)[O-])[C@@]2(C)[C@H](C)O)CC[C@@H]1CCO. The zero-order valence-electron chi connectivity index (χ0n) is 18.7. The Morgan fingerprint density at radius 3 is 2.39 bits per heavy atom. The Hall–Kier alpha value is -0.610. The van der Waals surface area contributed by atoms with Crippen LogP contribution in [0, 0.1) is 40.4 Å². The summed E-state index contributed by atoms with van der Waals surface area (Å²) in [6, 6.07) is 0. The number of carboxylic acid groups (broad SMARTS) is 1. The molecule has 0 bridgehead atoms. The number of carbonyl (C=O) groups is 1. The molecule has 4 heteroatoms. The molecule has 2 rings (SSSR count). The lowest BCUT2D eigenvalue weighted by atomic mass is 9.55. The van der Waals surface area contributed by atoms with Gasteiger partial charge in [-0.1, -0.05) is 34.1 Å². The second kappa shape index (κ2) is 9.47. The molecule has 0 aliphatic heterocycles. The van der Waals surface area contributed by atoms with Crippen LogP contribution < -0.4 is 5.11 Å². The van der Waals surface area contributed by atoms with E-state index in [0.29, 0.717) is 30.1 Å². The molecule has 0 heterocycles. The highest BCUT2D eigenvalue weighted by Crippen LogP contribution is 2.60. The van der Waals surface area contributed by atoms with Crippen molar-refractivity contribution in [2.45, 2.75) is 98.5 Å². The van der Waals surface area contributed by atoms with E-state index in [2.05, 4.69) is 27.7 Å². The minimum atomic E-state index is -0.971. The van der Waals surface area contributed by atoms with E-state index in [-0.39, 0.29) is 29.8 Å². The maximum atomic E-state index is 10.9. The first-order valence-corrected chi connectivity index (χ1v) is 11.6. The van der Waals surface area contributed by atoms with Crippen molar-refractivity contribution in [3.8, 4) is 0 Å². The molecule has 2 unspecified atom stereocenters. The van der Waals surface area contributed by atoms with Gasteiger partial charge in [-0.15, -0.1) is 0 Å². The monoisotopic (exact) mass is 395 g/mol. The van der Waals surface area contributed by atoms with Crippen molar-refractivity contribution in [1.29, 1.82) is 0 Å². The van der Waals surface area contributed by atoms with E-state index >= 15 is 0 Å². The topological polar surface area (TPSA) is 80.6 Å². The van der Waals surface area contributed by atoms with Crippen LogP contribution in [0.1, 0.15) is 92.4 Å². The van der Waals surface area contributed by atoms with E-state index in [9.17, 15) is 20.1 Å². The van der Waals surface area contributed by atoms with Gasteiger partial charge in [0.2, 0.25) is 0 Å². The van der Waals surface area contributed by atoms with Gasteiger partial charge in [0.05, 0.1) is 6.10 Å². The normalized spacial score (nSPS) is 41.0. The molecule has 4 nitrogen and oxygen atoms in total. The fraction of sp³-hybridized carbons (Fsp3) is 0.958. The van der Waals surface area contributed by atoms with Crippen molar-refractivity contribution < 1.29 is 20.1 Å². The Balaban J connectivity index is 2.19. The first-order chi connectivity index (χ1) is 13.1. The van der Waals surface area contributed by atoms with Gasteiger partial charge in [0.25, 0.3) is 0 Å². The first kappa shape index (κ1) is 23.7. The number of hydrogen-bond acceptors (Lipinski definition) is 4. The second-order valence-corrected chi connectivity index (χ2v) is 10.5. The van der Waals surface area contributed by atoms with Gasteiger partial charge in [0.1, 0.15) is 0 Å². The minimum Gasteiger partial charge on any atom is -0.550 e. The predicted molar refractivity (Wildman–Crippen MR) is 110 cm³/mol. The summed E-state index contributed by atoms with van der Waals surface area (Å²) in [5, 5.41) is 31.3. The van der Waals surface area contributed by atoms with Crippen LogP contribution in [0.25, 0.3) is 0 Å². The largest absolute Gasteiger partial charge is 0.550 e. The standard InChI is InChI=1S/C24H44O4/c1-6-23(4)15-18(8-9-19(23)13-14-25)21-11-10-20(24(21,5)17(3)26)16(2)7-12-22(27)28/h16-21,25-26H,6-15H2,1-5H3,(H,27,28)/p-1/t16-,17+,18?,19-,20-,21?,23-,24-/m1/s1. The maximum Gasteiger partial charge on any atom is 0.0571 e. The van der Waals surface area contributed by atoms with Crippen LogP contribution in [-0.2, 0) is 4.79 Å². The maximum absolute atomic E-state index is 10.9. The van der Waals surface area contributed by atoms with E-state index in [4.69, 9.17) is 0 Å². The molecule has 0 aromatic rings. The predicted octanol–water partition coefficient (Wildman–Crippen LogP) is 3.78. The summed E-state index contributed by atoms with van der Waals surface area (Å²) >= 11 is 0. The van der Waals surface area contributed by atoms with E-state index in [1.807, 2.05) is 6.92 Å². The fourth-order valence-corrected chi connectivity index (χ4v) is 7.12. The molecule has 0 radical (unpaired) electrons. The second-order valence-electron chi connectivity index (χ2n) is 10.5. The third kappa shape index (κ3) is 4.59. The fourth-order valence-electron chi connectivity index (χ4n) is 7.12. The summed E-state index contributed by atoms with van der Waals surface area (Å²) in [4.78, 5) is 10.9. The molecule has 0 spiro atoms. The van der Waals surface area contributed by atoms with Crippen molar-refractivity contribution in [3.05, 3.63) is 0 Å². The van der Waals surface area contributed by atoms with Crippen molar-refractivity contribution in [2.24, 2.45) is 40.4 Å². The molecule has 0 amide bonds. The molecule has 2 N–H and O–H groups in total. The molecule has 28 heavy (non-hydrogen) atoms. The molecular formula is C24H43O4-. The van der Waals surface area contributed by atoms with Crippen LogP contribution in [0.5, 0.6) is 0 Å². The number of aliphatic carboxylic acids is 1. The minimum absolute atomic E-state index is 0.110. The third-order valence-electron chi connectivity index (χ3n) is 9.23. The highest BCUT2D eigenvalue weighted by Gasteiger charge is 2.55. The molecule has 164 valence electrons. The molecule has 2 aliphatic rings. The number of hydrogen-bond donors (Lipinski definition) is 2. The molecule has 2 saturated carbocycles. The summed E-state index contributed by atoms with van der Waals surface area (Å²) in [7, 11) is 0. The average molecular weight is 396 g/mol. The van der Waals surface area contributed by atoms with Gasteiger partial charge in [-0.25, -0.2) is 0 Å². The van der Waals surface area contributed by atoms with Crippen LogP contribution in [0.3, 0.4) is 0 Å². The van der Waals surface area contributed by atoms with E-state index in [1.165, 1.54) is 19.3 Å². The van der Waals surface area contributed by atoms with Crippen molar-refractivity contribution in [3.63, 3.8) is 0 Å². The van der Waals surface area contributed by atoms with Gasteiger partial charge in [0, 0.05) is 12.6 Å². The number of aliphatic hydroxyl groups is 2. The van der Waals surface area contributed by atoms with Crippen molar-refractivity contribution in [2.75, 3.05) is 6.61 Å². The molecule has 0 aromatic carbocycles. The highest BCUT2D eigenvalue weighted by atomic mass is 16.4. The Labute approximate surface area is 172 Å². The van der Waals surface area contributed by atoms with Crippen molar-refractivity contribution >= 4 is 5.97 Å². The molecular weight excluding hydrogens is 352 g/mol. The van der Waals surface area contributed by atoms with Gasteiger partial charge in [-0.3, -0.25) is 0 Å². The molecule has 2 aliphatic carbocycles. The summed E-state index contributed by atoms with van der Waals surface area (Å²) in [5.41, 5.74) is 0.110. The Kier molecular flexibility index (Phi) is 8.00. The quantitative estimate of drug-likeness (QED) is 0.622. The van der Waals surface area contributed by atoms with E-state index < -0.39 is 12.1 Å². The lowest BCUT2D eigenvalue weighted by Crippen LogP contribution is -2.46. The zero-order valence-corrected chi connectivity index (χ0v) is 18.7. The summed E-state index contributed by atoms with van der Waals surface area (Å²) in [6.07, 6.45) is 8.16. The van der Waals surface area contributed by atoms with Crippen LogP contribution >= 0.6 is 0 Å². The van der Waals surface area contributed by atoms with E-state index in [0.717, 1.165) is 25.7 Å². The first-order valence-electron chi connectivity index (χ1n) is 11.6. The summed E-state index contributed by atoms with van der Waals surface area (Å²) < 4.78 is 0. The number of aliphatic hydroxyl groups excluding tert-OH is 2. The van der Waals surface area contributed by atoms with Crippen LogP contribution in [0.4, 0.5) is 0 Å². The van der Waals surface area contributed by atoms with Crippen molar-refractivity contribution in [1.82, 2.24) is 0 Å². The zero-order chi connectivity index (χ0) is 21.1. The number of carboxylic acids is 1. The molecule has 0 saturated heterocycles. The van der Waals surface area contributed by atoms with Crippen LogP contribution in [0.2, 0.25) is 0 Å². The Bertz CT molecular complexity index is 519. The average Bonchev–Trinajstić information content (AvgIpc) is 3.00. The lowest BCUT2D eigenvalue weighted by molar-refractivity contribution is -0.306. The van der Waals surface area contributed by atoms with Crippen LogP contribution in [0.15, 0.2) is 0 Å². The molecule has 2 fully saturated rings. The van der Waals surface area contributed by atoms with E-state index in [1.54, 1.807) is 0 Å². The summed E-state index contributed by atoms with van der Waals surface area (Å²) in [6.45, 7) is 11.3. The van der Waals surface area contributed by atoms with Gasteiger partial charge in [-0.05, 0) is 98.7 Å². The van der Waals surface area contributed by atoms with Crippen LogP contribution in [-0.4, -0.2) is 28.9 Å². The van der Waals surface area contributed by atoms with Gasteiger partial charge in [-0.2, -0.15) is 0 Å². The van der Waals surface area contributed by atoms with Gasteiger partial charge >= 0.3 is 0 Å². The smallest absolute Gasteiger partial charge is 0.0571 e. The van der Waals surface area contributed by atoms with Gasteiger partial charge < -0.3 is 20.1 Å². The number of rotatable bonds is 9. The Morgan fingerprint density at radius 1 is 1.18 bits per heavy atom. The third-order valence-corrected chi connectivity index (χ3v) is 9.23.